The molecule has 0 saturated carbocycles. The molecule has 0 fully saturated rings. The van der Waals surface area contributed by atoms with E-state index >= 15 is 0 Å². The Labute approximate surface area is 89.7 Å². The molecule has 76 valence electrons. The van der Waals surface area contributed by atoms with Crippen molar-refractivity contribution in [3.05, 3.63) is 29.0 Å². The van der Waals surface area contributed by atoms with E-state index in [1.807, 2.05) is 0 Å². The number of halogens is 1. The molecule has 0 saturated heterocycles. The Kier molecular flexibility index (Phi) is 2.47. The second-order valence-corrected chi connectivity index (χ2v) is 3.31. The third kappa shape index (κ3) is 2.02. The number of carboxylic acid groups (broad SMARTS) is 1. The number of hydrogen-bond acceptors (Lipinski definition) is 4. The number of benzene rings is 1. The lowest BCUT2D eigenvalue weighted by molar-refractivity contribution is -0.136. The highest BCUT2D eigenvalue weighted by Gasteiger charge is 2.07. The van der Waals surface area contributed by atoms with Crippen LogP contribution in [-0.4, -0.2) is 26.3 Å². The molecule has 6 heteroatoms. The number of hydrogen-bond donors (Lipinski definition) is 1. The summed E-state index contributed by atoms with van der Waals surface area (Å²) in [6.45, 7) is 0. The normalized spacial score (nSPS) is 10.5. The molecule has 1 heterocycles. The molecule has 0 aliphatic heterocycles. The summed E-state index contributed by atoms with van der Waals surface area (Å²) in [6, 6.07) is 5.11. The van der Waals surface area contributed by atoms with Crippen LogP contribution in [0, 0.1) is 0 Å². The van der Waals surface area contributed by atoms with Crippen LogP contribution in [0.4, 0.5) is 0 Å². The van der Waals surface area contributed by atoms with E-state index in [9.17, 15) is 4.79 Å². The molecule has 1 aromatic heterocycles. The highest BCUT2D eigenvalue weighted by molar-refractivity contribution is 6.34. The van der Waals surface area contributed by atoms with Gasteiger partial charge in [0.1, 0.15) is 11.9 Å². The molecule has 0 unspecified atom stereocenters. The second-order valence-electron chi connectivity index (χ2n) is 2.91. The third-order valence-electron chi connectivity index (χ3n) is 1.79. The van der Waals surface area contributed by atoms with Crippen molar-refractivity contribution in [1.82, 2.24) is 15.2 Å². The van der Waals surface area contributed by atoms with Crippen molar-refractivity contribution in [1.29, 1.82) is 0 Å². The van der Waals surface area contributed by atoms with E-state index in [-0.39, 0.29) is 12.2 Å². The summed E-state index contributed by atoms with van der Waals surface area (Å²) in [5.74, 6) is -0.810. The molecule has 0 spiro atoms. The Morgan fingerprint density at radius 3 is 2.93 bits per heavy atom. The van der Waals surface area contributed by atoms with Crippen molar-refractivity contribution in [2.75, 3.05) is 0 Å². The molecule has 1 aromatic carbocycles. The molecule has 0 amide bonds. The lowest BCUT2D eigenvalue weighted by Crippen LogP contribution is -2.06. The first-order valence-corrected chi connectivity index (χ1v) is 4.54. The Hall–Kier alpha value is -1.75. The van der Waals surface area contributed by atoms with Crippen molar-refractivity contribution < 1.29 is 9.90 Å². The monoisotopic (exact) mass is 223 g/mol. The van der Waals surface area contributed by atoms with Gasteiger partial charge in [-0.25, -0.2) is 4.98 Å². The smallest absolute Gasteiger partial charge is 0.311 e. The molecule has 0 atom stereocenters. The van der Waals surface area contributed by atoms with Gasteiger partial charge in [-0.05, 0) is 12.1 Å². The van der Waals surface area contributed by atoms with Gasteiger partial charge in [0, 0.05) is 0 Å². The van der Waals surface area contributed by atoms with Gasteiger partial charge in [0.2, 0.25) is 0 Å². The summed E-state index contributed by atoms with van der Waals surface area (Å²) in [5.41, 5.74) is 1.03. The zero-order chi connectivity index (χ0) is 10.8. The molecule has 0 radical (unpaired) electrons. The van der Waals surface area contributed by atoms with Crippen LogP contribution in [-0.2, 0) is 11.2 Å². The first-order valence-electron chi connectivity index (χ1n) is 4.16. The van der Waals surface area contributed by atoms with E-state index in [1.165, 1.54) is 0 Å². The standard InChI is InChI=1S/C9H6ClN3O2/c10-5-2-1-3-6-9(5)13-12-7(11-6)4-8(14)15/h1-3H,4H2,(H,14,15). The second kappa shape index (κ2) is 3.78. The van der Waals surface area contributed by atoms with Gasteiger partial charge in [-0.3, -0.25) is 4.79 Å². The van der Waals surface area contributed by atoms with Crippen molar-refractivity contribution in [3.8, 4) is 0 Å². The lowest BCUT2D eigenvalue weighted by atomic mass is 10.3. The summed E-state index contributed by atoms with van der Waals surface area (Å²) >= 11 is 5.86. The average molecular weight is 224 g/mol. The molecule has 0 aliphatic rings. The summed E-state index contributed by atoms with van der Waals surface area (Å²) in [6.07, 6.45) is -0.241. The fourth-order valence-corrected chi connectivity index (χ4v) is 1.38. The van der Waals surface area contributed by atoms with Crippen LogP contribution in [0.25, 0.3) is 11.0 Å². The van der Waals surface area contributed by atoms with Crippen molar-refractivity contribution in [2.24, 2.45) is 0 Å². The predicted octanol–water partition coefficient (Wildman–Crippen LogP) is 1.31. The topological polar surface area (TPSA) is 76.0 Å². The van der Waals surface area contributed by atoms with Gasteiger partial charge in [0.05, 0.1) is 10.5 Å². The lowest BCUT2D eigenvalue weighted by Gasteiger charge is -1.99. The van der Waals surface area contributed by atoms with Gasteiger partial charge < -0.3 is 5.11 Å². The SMILES string of the molecule is O=C(O)Cc1nnc2c(Cl)cccc2n1. The fraction of sp³-hybridized carbons (Fsp3) is 0.111. The molecular formula is C9H6ClN3O2. The van der Waals surface area contributed by atoms with Crippen molar-refractivity contribution >= 4 is 28.6 Å². The molecule has 0 bridgehead atoms. The number of aliphatic carboxylic acids is 1. The van der Waals surface area contributed by atoms with Crippen LogP contribution in [0.5, 0.6) is 0 Å². The maximum atomic E-state index is 10.4. The summed E-state index contributed by atoms with van der Waals surface area (Å²) in [4.78, 5) is 14.5. The number of rotatable bonds is 2. The summed E-state index contributed by atoms with van der Waals surface area (Å²) in [7, 11) is 0. The third-order valence-corrected chi connectivity index (χ3v) is 2.09. The van der Waals surface area contributed by atoms with E-state index in [0.717, 1.165) is 0 Å². The van der Waals surface area contributed by atoms with Crippen LogP contribution in [0.2, 0.25) is 5.02 Å². The number of carboxylic acids is 1. The minimum atomic E-state index is -0.988. The average Bonchev–Trinajstić information content (AvgIpc) is 2.17. The van der Waals surface area contributed by atoms with E-state index in [2.05, 4.69) is 15.2 Å². The van der Waals surface area contributed by atoms with Crippen LogP contribution in [0.15, 0.2) is 18.2 Å². The Bertz CT molecular complexity index is 530. The van der Waals surface area contributed by atoms with E-state index in [1.54, 1.807) is 18.2 Å². The van der Waals surface area contributed by atoms with Crippen molar-refractivity contribution in [2.45, 2.75) is 6.42 Å². The van der Waals surface area contributed by atoms with Gasteiger partial charge >= 0.3 is 5.97 Å². The fourth-order valence-electron chi connectivity index (χ4n) is 1.17. The Balaban J connectivity index is 2.52. The summed E-state index contributed by atoms with van der Waals surface area (Å²) < 4.78 is 0. The number of carbonyl (C=O) groups is 1. The quantitative estimate of drug-likeness (QED) is 0.831. The van der Waals surface area contributed by atoms with Gasteiger partial charge in [-0.2, -0.15) is 0 Å². The zero-order valence-electron chi connectivity index (χ0n) is 7.51. The van der Waals surface area contributed by atoms with Crippen LogP contribution in [0.1, 0.15) is 5.82 Å². The number of aromatic nitrogens is 3. The van der Waals surface area contributed by atoms with Gasteiger partial charge in [0.15, 0.2) is 5.82 Å². The number of fused-ring (bicyclic) bond motifs is 1. The highest BCUT2D eigenvalue weighted by Crippen LogP contribution is 2.18. The van der Waals surface area contributed by atoms with Crippen LogP contribution >= 0.6 is 11.6 Å². The first-order chi connectivity index (χ1) is 7.16. The maximum Gasteiger partial charge on any atom is 0.311 e. The van der Waals surface area contributed by atoms with Gasteiger partial charge in [-0.1, -0.05) is 17.7 Å². The van der Waals surface area contributed by atoms with Gasteiger partial charge in [0.25, 0.3) is 0 Å². The zero-order valence-corrected chi connectivity index (χ0v) is 8.27. The molecule has 2 aromatic rings. The molecule has 1 N–H and O–H groups in total. The molecule has 0 aliphatic carbocycles. The van der Waals surface area contributed by atoms with Crippen molar-refractivity contribution in [3.63, 3.8) is 0 Å². The van der Waals surface area contributed by atoms with Crippen LogP contribution < -0.4 is 0 Å². The first kappa shape index (κ1) is 9.79. The molecule has 5 nitrogen and oxygen atoms in total. The number of nitrogens with zero attached hydrogens (tertiary/aromatic N) is 3. The summed E-state index contributed by atoms with van der Waals surface area (Å²) in [5, 5.41) is 16.5. The Morgan fingerprint density at radius 1 is 1.40 bits per heavy atom. The van der Waals surface area contributed by atoms with E-state index in [4.69, 9.17) is 16.7 Å². The predicted molar refractivity (Wildman–Crippen MR) is 53.7 cm³/mol. The van der Waals surface area contributed by atoms with E-state index in [0.29, 0.717) is 16.1 Å². The minimum Gasteiger partial charge on any atom is -0.481 e. The largest absolute Gasteiger partial charge is 0.481 e. The maximum absolute atomic E-state index is 10.4. The minimum absolute atomic E-state index is 0.178. The molecule has 2 rings (SSSR count). The molecule has 15 heavy (non-hydrogen) atoms. The van der Waals surface area contributed by atoms with Crippen LogP contribution in [0.3, 0.4) is 0 Å². The Morgan fingerprint density at radius 2 is 2.20 bits per heavy atom. The highest BCUT2D eigenvalue weighted by atomic mass is 35.5. The van der Waals surface area contributed by atoms with E-state index < -0.39 is 5.97 Å². The molecular weight excluding hydrogens is 218 g/mol. The van der Waals surface area contributed by atoms with Gasteiger partial charge in [-0.15, -0.1) is 10.2 Å².